The van der Waals surface area contributed by atoms with Crippen molar-refractivity contribution in [2.45, 2.75) is 0 Å². The minimum Gasteiger partial charge on any atom is -0.436 e. The lowest BCUT2D eigenvalue weighted by atomic mass is 10.0. The van der Waals surface area contributed by atoms with E-state index in [2.05, 4.69) is 43.2 Å². The molecule has 120 valence electrons. The number of aromatic nitrogens is 4. The molecule has 0 fully saturated rings. The summed E-state index contributed by atoms with van der Waals surface area (Å²) in [6.45, 7) is 0. The molecule has 0 amide bonds. The normalized spacial score (nSPS) is 11.4. The van der Waals surface area contributed by atoms with Crippen LogP contribution < -0.4 is 0 Å². The van der Waals surface area contributed by atoms with Crippen molar-refractivity contribution in [3.05, 3.63) is 71.7 Å². The van der Waals surface area contributed by atoms with Gasteiger partial charge in [0.05, 0.1) is 5.69 Å². The van der Waals surface area contributed by atoms with Crippen LogP contribution in [0.3, 0.4) is 0 Å². The maximum atomic E-state index is 6.06. The van der Waals surface area contributed by atoms with Crippen molar-refractivity contribution in [1.82, 2.24) is 19.7 Å². The van der Waals surface area contributed by atoms with Crippen molar-refractivity contribution in [2.75, 3.05) is 0 Å². The number of hydrogen-bond acceptors (Lipinski definition) is 4. The number of halogens is 1. The molecule has 0 aliphatic heterocycles. The molecule has 5 rings (SSSR count). The van der Waals surface area contributed by atoms with Gasteiger partial charge in [0.1, 0.15) is 18.2 Å². The zero-order valence-electron chi connectivity index (χ0n) is 12.9. The van der Waals surface area contributed by atoms with Crippen LogP contribution in [0.5, 0.6) is 0 Å². The van der Waals surface area contributed by atoms with E-state index >= 15 is 0 Å². The molecule has 2 aromatic heterocycles. The summed E-state index contributed by atoms with van der Waals surface area (Å²) < 4.78 is 8.94. The molecule has 0 bridgehead atoms. The molecule has 0 spiro atoms. The van der Waals surface area contributed by atoms with Gasteiger partial charge in [-0.3, -0.25) is 4.57 Å². The summed E-state index contributed by atoms with van der Waals surface area (Å²) in [5.74, 6) is 0.611. The van der Waals surface area contributed by atoms with Gasteiger partial charge in [0, 0.05) is 16.1 Å². The fourth-order valence-corrected chi connectivity index (χ4v) is 3.48. The summed E-state index contributed by atoms with van der Waals surface area (Å²) in [6.07, 6.45) is 3.31. The van der Waals surface area contributed by atoms with Crippen LogP contribution in [0.2, 0.25) is 0 Å². The Hall–Kier alpha value is -2.99. The number of hydrogen-bond donors (Lipinski definition) is 0. The quantitative estimate of drug-likeness (QED) is 0.425. The first-order chi connectivity index (χ1) is 12.3. The molecule has 2 heterocycles. The van der Waals surface area contributed by atoms with Crippen LogP contribution in [0.25, 0.3) is 39.0 Å². The van der Waals surface area contributed by atoms with Gasteiger partial charge in [0.2, 0.25) is 5.89 Å². The summed E-state index contributed by atoms with van der Waals surface area (Å²) in [7, 11) is 0. The lowest BCUT2D eigenvalue weighted by molar-refractivity contribution is 0.620. The third-order valence-corrected chi connectivity index (χ3v) is 4.88. The first kappa shape index (κ1) is 14.4. The third-order valence-electron chi connectivity index (χ3n) is 4.19. The van der Waals surface area contributed by atoms with Gasteiger partial charge in [0.15, 0.2) is 5.58 Å². The fourth-order valence-electron chi connectivity index (χ4n) is 2.98. The summed E-state index contributed by atoms with van der Waals surface area (Å²) in [6, 6.07) is 18.1. The average molecular weight is 391 g/mol. The highest BCUT2D eigenvalue weighted by molar-refractivity contribution is 9.10. The Morgan fingerprint density at radius 2 is 1.68 bits per heavy atom. The van der Waals surface area contributed by atoms with Crippen LogP contribution >= 0.6 is 15.9 Å². The molecule has 0 atom stereocenters. The van der Waals surface area contributed by atoms with Crippen molar-refractivity contribution < 1.29 is 4.42 Å². The Balaban J connectivity index is 1.70. The van der Waals surface area contributed by atoms with E-state index in [1.54, 1.807) is 12.7 Å². The largest absolute Gasteiger partial charge is 0.436 e. The maximum Gasteiger partial charge on any atom is 0.227 e. The predicted molar refractivity (Wildman–Crippen MR) is 99.6 cm³/mol. The SMILES string of the molecule is Brc1cccc2c(-c3nc4ccc(-n5cnnc5)cc4o3)cccc12. The summed E-state index contributed by atoms with van der Waals surface area (Å²) in [4.78, 5) is 4.66. The van der Waals surface area contributed by atoms with Crippen molar-refractivity contribution in [1.29, 1.82) is 0 Å². The minimum absolute atomic E-state index is 0.611. The maximum absolute atomic E-state index is 6.06. The van der Waals surface area contributed by atoms with Crippen molar-refractivity contribution in [3.63, 3.8) is 0 Å². The van der Waals surface area contributed by atoms with Crippen LogP contribution in [0, 0.1) is 0 Å². The summed E-state index contributed by atoms with van der Waals surface area (Å²) >= 11 is 3.60. The Morgan fingerprint density at radius 1 is 0.880 bits per heavy atom. The highest BCUT2D eigenvalue weighted by Gasteiger charge is 2.13. The van der Waals surface area contributed by atoms with E-state index in [9.17, 15) is 0 Å². The van der Waals surface area contributed by atoms with E-state index in [1.807, 2.05) is 47.0 Å². The lowest BCUT2D eigenvalue weighted by Crippen LogP contribution is -1.88. The fraction of sp³-hybridized carbons (Fsp3) is 0. The number of nitrogens with zero attached hydrogens (tertiary/aromatic N) is 4. The van der Waals surface area contributed by atoms with Gasteiger partial charge >= 0.3 is 0 Å². The second kappa shape index (κ2) is 5.53. The summed E-state index contributed by atoms with van der Waals surface area (Å²) in [5.41, 5.74) is 3.45. The van der Waals surface area contributed by atoms with Gasteiger partial charge in [-0.2, -0.15) is 0 Å². The van der Waals surface area contributed by atoms with E-state index < -0.39 is 0 Å². The molecule has 3 aromatic carbocycles. The highest BCUT2D eigenvalue weighted by atomic mass is 79.9. The van der Waals surface area contributed by atoms with E-state index in [-0.39, 0.29) is 0 Å². The van der Waals surface area contributed by atoms with Crippen molar-refractivity contribution in [2.24, 2.45) is 0 Å². The first-order valence-corrected chi connectivity index (χ1v) is 8.52. The van der Waals surface area contributed by atoms with Gasteiger partial charge in [0.25, 0.3) is 0 Å². The lowest BCUT2D eigenvalue weighted by Gasteiger charge is -2.04. The Morgan fingerprint density at radius 3 is 2.56 bits per heavy atom. The molecule has 0 saturated heterocycles. The molecule has 0 unspecified atom stereocenters. The molecule has 0 aliphatic rings. The van der Waals surface area contributed by atoms with E-state index in [1.165, 1.54) is 0 Å². The van der Waals surface area contributed by atoms with Crippen molar-refractivity contribution >= 4 is 37.8 Å². The third kappa shape index (κ3) is 2.34. The van der Waals surface area contributed by atoms with Crippen LogP contribution in [-0.4, -0.2) is 19.7 Å². The zero-order chi connectivity index (χ0) is 16.8. The van der Waals surface area contributed by atoms with Crippen LogP contribution in [0.1, 0.15) is 0 Å². The molecule has 5 aromatic rings. The standard InChI is InChI=1S/C19H11BrN4O/c20-16-6-2-3-13-14(16)4-1-5-15(13)19-23-17-8-7-12(9-18(17)25-19)24-10-21-22-11-24/h1-11H. The van der Waals surface area contributed by atoms with Crippen LogP contribution in [0.4, 0.5) is 0 Å². The zero-order valence-corrected chi connectivity index (χ0v) is 14.5. The number of rotatable bonds is 2. The summed E-state index contributed by atoms with van der Waals surface area (Å²) in [5, 5.41) is 9.90. The predicted octanol–water partition coefficient (Wildman–Crippen LogP) is 4.99. The smallest absolute Gasteiger partial charge is 0.227 e. The van der Waals surface area contributed by atoms with E-state index in [0.717, 1.165) is 37.6 Å². The van der Waals surface area contributed by atoms with Gasteiger partial charge in [-0.05, 0) is 35.0 Å². The highest BCUT2D eigenvalue weighted by Crippen LogP contribution is 2.33. The van der Waals surface area contributed by atoms with Crippen LogP contribution in [0.15, 0.2) is 76.1 Å². The first-order valence-electron chi connectivity index (χ1n) is 7.73. The van der Waals surface area contributed by atoms with E-state index in [0.29, 0.717) is 5.89 Å². The van der Waals surface area contributed by atoms with Gasteiger partial charge < -0.3 is 4.42 Å². The van der Waals surface area contributed by atoms with Gasteiger partial charge in [-0.15, -0.1) is 10.2 Å². The second-order valence-corrected chi connectivity index (χ2v) is 6.54. The number of oxazole rings is 1. The Labute approximate surface area is 151 Å². The molecule has 0 N–H and O–H groups in total. The molecule has 0 aliphatic carbocycles. The monoisotopic (exact) mass is 390 g/mol. The van der Waals surface area contributed by atoms with Gasteiger partial charge in [-0.25, -0.2) is 4.98 Å². The van der Waals surface area contributed by atoms with Crippen molar-refractivity contribution in [3.8, 4) is 17.1 Å². The number of fused-ring (bicyclic) bond motifs is 2. The second-order valence-electron chi connectivity index (χ2n) is 5.68. The topological polar surface area (TPSA) is 56.7 Å². The molecular formula is C19H11BrN4O. The Bertz CT molecular complexity index is 1210. The van der Waals surface area contributed by atoms with Crippen LogP contribution in [-0.2, 0) is 0 Å². The minimum atomic E-state index is 0.611. The molecule has 0 saturated carbocycles. The molecule has 25 heavy (non-hydrogen) atoms. The molecule has 6 heteroatoms. The average Bonchev–Trinajstić information content (AvgIpc) is 3.30. The molecule has 0 radical (unpaired) electrons. The Kier molecular flexibility index (Phi) is 3.18. The number of benzene rings is 3. The van der Waals surface area contributed by atoms with Gasteiger partial charge in [-0.1, -0.05) is 40.2 Å². The molecule has 5 nitrogen and oxygen atoms in total. The molecular weight excluding hydrogens is 380 g/mol. The van der Waals surface area contributed by atoms with E-state index in [4.69, 9.17) is 4.42 Å².